The van der Waals surface area contributed by atoms with Gasteiger partial charge in [-0.3, -0.25) is 4.79 Å². The molecule has 15 heavy (non-hydrogen) atoms. The van der Waals surface area contributed by atoms with Crippen molar-refractivity contribution in [2.45, 2.75) is 27.2 Å². The lowest BCUT2D eigenvalue weighted by molar-refractivity contribution is -0.138. The van der Waals surface area contributed by atoms with E-state index in [4.69, 9.17) is 4.74 Å². The van der Waals surface area contributed by atoms with Gasteiger partial charge in [-0.1, -0.05) is 19.9 Å². The van der Waals surface area contributed by atoms with Gasteiger partial charge in [-0.2, -0.15) is 0 Å². The van der Waals surface area contributed by atoms with Gasteiger partial charge in [-0.05, 0) is 35.4 Å². The second kappa shape index (κ2) is 7.67. The average molecular weight is 325 g/mol. The molecule has 0 spiro atoms. The number of nitrogens with one attached hydrogen (secondary N) is 1. The predicted molar refractivity (Wildman–Crippen MR) is 66.3 cm³/mol. The molecule has 0 rings (SSSR count). The van der Waals surface area contributed by atoms with Crippen LogP contribution in [-0.2, 0) is 14.3 Å². The van der Waals surface area contributed by atoms with Gasteiger partial charge in [0.1, 0.15) is 10.3 Å². The lowest BCUT2D eigenvalue weighted by Gasteiger charge is -2.09. The van der Waals surface area contributed by atoms with Crippen molar-refractivity contribution >= 4 is 34.5 Å². The summed E-state index contributed by atoms with van der Waals surface area (Å²) in [7, 11) is 0. The molecule has 0 bridgehead atoms. The lowest BCUT2D eigenvalue weighted by Crippen LogP contribution is -2.29. The van der Waals surface area contributed by atoms with Crippen molar-refractivity contribution in [2.75, 3.05) is 4.61 Å². The molecular formula is C10H16INO3. The number of carbonyl (C=O) groups is 2. The van der Waals surface area contributed by atoms with Crippen molar-refractivity contribution < 1.29 is 14.3 Å². The first-order chi connectivity index (χ1) is 7.01. The Kier molecular flexibility index (Phi) is 7.37. The van der Waals surface area contributed by atoms with Gasteiger partial charge in [0.25, 0.3) is 0 Å². The molecule has 0 unspecified atom stereocenters. The number of amides is 1. The van der Waals surface area contributed by atoms with Crippen LogP contribution in [0.15, 0.2) is 11.8 Å². The van der Waals surface area contributed by atoms with E-state index in [-0.39, 0.29) is 22.1 Å². The van der Waals surface area contributed by atoms with Gasteiger partial charge in [-0.15, -0.1) is 0 Å². The maximum absolute atomic E-state index is 11.4. The Hall–Kier alpha value is -0.590. The molecule has 0 aromatic rings. The molecule has 0 radical (unpaired) electrons. The van der Waals surface area contributed by atoms with E-state index in [1.807, 2.05) is 36.4 Å². The zero-order valence-corrected chi connectivity index (χ0v) is 11.3. The largest absolute Gasteiger partial charge is 0.450 e. The topological polar surface area (TPSA) is 55.4 Å². The molecule has 0 fully saturated rings. The maximum Gasteiger partial charge on any atom is 0.355 e. The quantitative estimate of drug-likeness (QED) is 0.364. The number of allylic oxidation sites excluding steroid dienone is 1. The molecule has 0 aliphatic rings. The summed E-state index contributed by atoms with van der Waals surface area (Å²) in [5, 5.41) is 2.53. The Bertz CT molecular complexity index is 261. The van der Waals surface area contributed by atoms with Crippen molar-refractivity contribution in [3.63, 3.8) is 0 Å². The van der Waals surface area contributed by atoms with Crippen LogP contribution in [0.25, 0.3) is 0 Å². The molecular weight excluding hydrogens is 309 g/mol. The minimum atomic E-state index is -0.496. The van der Waals surface area contributed by atoms with E-state index in [2.05, 4.69) is 5.32 Å². The van der Waals surface area contributed by atoms with Crippen LogP contribution in [0.5, 0.6) is 0 Å². The number of ether oxygens (including phenoxy) is 1. The summed E-state index contributed by atoms with van der Waals surface area (Å²) in [6.45, 7) is 5.57. The fourth-order valence-corrected chi connectivity index (χ4v) is 1.22. The summed E-state index contributed by atoms with van der Waals surface area (Å²) in [5.41, 5.74) is 0.206. The Labute approximate surface area is 104 Å². The summed E-state index contributed by atoms with van der Waals surface area (Å²) in [5.74, 6) is -0.392. The van der Waals surface area contributed by atoms with E-state index >= 15 is 0 Å². The average Bonchev–Trinajstić information content (AvgIpc) is 2.13. The number of hydrogen-bond acceptors (Lipinski definition) is 3. The molecule has 86 valence electrons. The molecule has 4 nitrogen and oxygen atoms in total. The van der Waals surface area contributed by atoms with Gasteiger partial charge >= 0.3 is 5.97 Å². The van der Waals surface area contributed by atoms with Gasteiger partial charge in [0, 0.05) is 6.42 Å². The molecule has 0 saturated heterocycles. The zero-order valence-electron chi connectivity index (χ0n) is 9.17. The SMILES string of the molecule is C/C=C(\NC(=O)CC(C)C)C(=O)OCI. The molecule has 0 atom stereocenters. The molecule has 1 N–H and O–H groups in total. The molecule has 5 heteroatoms. The van der Waals surface area contributed by atoms with Gasteiger partial charge in [0.2, 0.25) is 5.91 Å². The van der Waals surface area contributed by atoms with Crippen LogP contribution in [-0.4, -0.2) is 16.5 Å². The fraction of sp³-hybridized carbons (Fsp3) is 0.600. The molecule has 0 aliphatic heterocycles. The third-order valence-electron chi connectivity index (χ3n) is 1.56. The second-order valence-electron chi connectivity index (χ2n) is 3.39. The van der Waals surface area contributed by atoms with E-state index in [0.29, 0.717) is 6.42 Å². The number of esters is 1. The Morgan fingerprint density at radius 2 is 2.07 bits per heavy atom. The Morgan fingerprint density at radius 1 is 1.47 bits per heavy atom. The van der Waals surface area contributed by atoms with Crippen LogP contribution in [0.3, 0.4) is 0 Å². The minimum absolute atomic E-state index is 0.163. The van der Waals surface area contributed by atoms with Gasteiger partial charge < -0.3 is 10.1 Å². The smallest absolute Gasteiger partial charge is 0.355 e. The molecule has 1 amide bonds. The zero-order chi connectivity index (χ0) is 11.8. The highest BCUT2D eigenvalue weighted by molar-refractivity contribution is 14.1. The maximum atomic E-state index is 11.4. The normalized spacial score (nSPS) is 11.4. The first-order valence-electron chi connectivity index (χ1n) is 4.70. The third kappa shape index (κ3) is 6.48. The second-order valence-corrected chi connectivity index (χ2v) is 4.01. The van der Waals surface area contributed by atoms with Crippen LogP contribution in [0.4, 0.5) is 0 Å². The van der Waals surface area contributed by atoms with Crippen molar-refractivity contribution in [3.05, 3.63) is 11.8 Å². The van der Waals surface area contributed by atoms with Crippen LogP contribution in [0.2, 0.25) is 0 Å². The van der Waals surface area contributed by atoms with Crippen LogP contribution in [0.1, 0.15) is 27.2 Å². The Morgan fingerprint density at radius 3 is 2.47 bits per heavy atom. The van der Waals surface area contributed by atoms with Crippen LogP contribution >= 0.6 is 22.6 Å². The summed E-state index contributed by atoms with van der Waals surface area (Å²) in [6.07, 6.45) is 1.93. The summed E-state index contributed by atoms with van der Waals surface area (Å²) < 4.78 is 5.04. The third-order valence-corrected chi connectivity index (χ3v) is 1.87. The van der Waals surface area contributed by atoms with Crippen LogP contribution in [0, 0.1) is 5.92 Å². The monoisotopic (exact) mass is 325 g/mol. The van der Waals surface area contributed by atoms with Gasteiger partial charge in [0.15, 0.2) is 0 Å². The van der Waals surface area contributed by atoms with E-state index in [1.54, 1.807) is 6.92 Å². The lowest BCUT2D eigenvalue weighted by atomic mass is 10.1. The Balaban J connectivity index is 4.23. The number of rotatable bonds is 5. The standard InChI is InChI=1S/C10H16INO3/c1-4-8(10(14)15-6-11)12-9(13)5-7(2)3/h4,7H,5-6H2,1-3H3,(H,12,13)/b8-4-. The number of hydrogen-bond donors (Lipinski definition) is 1. The summed E-state index contributed by atoms with van der Waals surface area (Å²) in [4.78, 5) is 22.7. The first-order valence-corrected chi connectivity index (χ1v) is 6.23. The van der Waals surface area contributed by atoms with Gasteiger partial charge in [-0.25, -0.2) is 4.79 Å². The summed E-state index contributed by atoms with van der Waals surface area (Å²) in [6, 6.07) is 0. The molecule has 0 aliphatic carbocycles. The highest BCUT2D eigenvalue weighted by atomic mass is 127. The van der Waals surface area contributed by atoms with Gasteiger partial charge in [0.05, 0.1) is 0 Å². The number of alkyl halides is 1. The van der Waals surface area contributed by atoms with E-state index in [1.165, 1.54) is 6.08 Å². The summed E-state index contributed by atoms with van der Waals surface area (Å²) >= 11 is 1.92. The molecule has 0 aromatic carbocycles. The highest BCUT2D eigenvalue weighted by Crippen LogP contribution is 2.02. The fourth-order valence-electron chi connectivity index (χ4n) is 0.940. The molecule has 0 aromatic heterocycles. The van der Waals surface area contributed by atoms with Crippen molar-refractivity contribution in [2.24, 2.45) is 5.92 Å². The van der Waals surface area contributed by atoms with E-state index < -0.39 is 5.97 Å². The number of carbonyl (C=O) groups excluding carboxylic acids is 2. The predicted octanol–water partition coefficient (Wildman–Crippen LogP) is 1.99. The van der Waals surface area contributed by atoms with E-state index in [9.17, 15) is 9.59 Å². The molecule has 0 saturated carbocycles. The highest BCUT2D eigenvalue weighted by Gasteiger charge is 2.13. The van der Waals surface area contributed by atoms with Crippen molar-refractivity contribution in [1.29, 1.82) is 0 Å². The van der Waals surface area contributed by atoms with Crippen molar-refractivity contribution in [3.8, 4) is 0 Å². The van der Waals surface area contributed by atoms with E-state index in [0.717, 1.165) is 0 Å². The molecule has 0 heterocycles. The number of halogens is 1. The first kappa shape index (κ1) is 14.4. The van der Waals surface area contributed by atoms with Crippen LogP contribution < -0.4 is 5.32 Å². The minimum Gasteiger partial charge on any atom is -0.450 e. The van der Waals surface area contributed by atoms with Crippen molar-refractivity contribution in [1.82, 2.24) is 5.32 Å².